The fraction of sp³-hybridized carbons (Fsp3) is 0.462. The summed E-state index contributed by atoms with van der Waals surface area (Å²) in [5, 5.41) is 2.59. The molecule has 1 rings (SSSR count). The van der Waals surface area contributed by atoms with E-state index in [1.165, 1.54) is 13.0 Å². The molecule has 0 saturated carbocycles. The number of nitrogen functional groups attached to an aromatic ring is 1. The first-order valence-corrected chi connectivity index (χ1v) is 7.93. The Kier molecular flexibility index (Phi) is 5.68. The van der Waals surface area contributed by atoms with Crippen LogP contribution in [0, 0.1) is 18.7 Å². The number of nitrogens with one attached hydrogen (secondary N) is 2. The molecule has 1 amide bonds. The summed E-state index contributed by atoms with van der Waals surface area (Å²) < 4.78 is 39.6. The summed E-state index contributed by atoms with van der Waals surface area (Å²) in [6.07, 6.45) is 0. The molecule has 0 aliphatic rings. The fourth-order valence-electron chi connectivity index (χ4n) is 1.54. The topological polar surface area (TPSA) is 101 Å². The van der Waals surface area contributed by atoms with Gasteiger partial charge in [0.2, 0.25) is 15.9 Å². The van der Waals surface area contributed by atoms with Crippen LogP contribution in [0.4, 0.5) is 10.1 Å². The van der Waals surface area contributed by atoms with E-state index in [1.807, 2.05) is 13.8 Å². The van der Waals surface area contributed by atoms with Crippen molar-refractivity contribution in [1.82, 2.24) is 10.0 Å². The second kappa shape index (κ2) is 6.86. The number of nitrogens with two attached hydrogens (primary N) is 1. The maximum absolute atomic E-state index is 13.4. The third-order valence-corrected chi connectivity index (χ3v) is 4.08. The Morgan fingerprint density at radius 3 is 2.52 bits per heavy atom. The molecule has 0 saturated heterocycles. The Morgan fingerprint density at radius 2 is 2.00 bits per heavy atom. The van der Waals surface area contributed by atoms with Crippen molar-refractivity contribution in [2.45, 2.75) is 25.7 Å². The molecule has 0 fully saturated rings. The van der Waals surface area contributed by atoms with E-state index in [4.69, 9.17) is 5.73 Å². The van der Waals surface area contributed by atoms with Gasteiger partial charge in [-0.1, -0.05) is 13.8 Å². The highest BCUT2D eigenvalue weighted by Gasteiger charge is 2.18. The maximum Gasteiger partial charge on any atom is 0.241 e. The molecule has 118 valence electrons. The van der Waals surface area contributed by atoms with Crippen molar-refractivity contribution < 1.29 is 17.6 Å². The van der Waals surface area contributed by atoms with Crippen molar-refractivity contribution in [3.8, 4) is 0 Å². The van der Waals surface area contributed by atoms with Gasteiger partial charge in [0.05, 0.1) is 17.1 Å². The molecule has 0 radical (unpaired) electrons. The van der Waals surface area contributed by atoms with E-state index in [9.17, 15) is 17.6 Å². The number of carbonyl (C=O) groups excluding carboxylic acids is 1. The van der Waals surface area contributed by atoms with Crippen LogP contribution in [-0.4, -0.2) is 27.4 Å². The third-order valence-electron chi connectivity index (χ3n) is 2.70. The number of benzene rings is 1. The highest BCUT2D eigenvalue weighted by atomic mass is 32.2. The van der Waals surface area contributed by atoms with Crippen LogP contribution in [0.3, 0.4) is 0 Å². The van der Waals surface area contributed by atoms with Crippen molar-refractivity contribution in [2.24, 2.45) is 5.92 Å². The Labute approximate surface area is 124 Å². The molecular formula is C13H20FN3O3S. The first-order chi connectivity index (χ1) is 9.63. The average Bonchev–Trinajstić information content (AvgIpc) is 2.39. The summed E-state index contributed by atoms with van der Waals surface area (Å²) in [5.74, 6) is -0.812. The minimum Gasteiger partial charge on any atom is -0.396 e. The van der Waals surface area contributed by atoms with Gasteiger partial charge in [0, 0.05) is 6.54 Å². The lowest BCUT2D eigenvalue weighted by Crippen LogP contribution is -2.38. The molecule has 6 nitrogen and oxygen atoms in total. The zero-order chi connectivity index (χ0) is 16.2. The summed E-state index contributed by atoms with van der Waals surface area (Å²) in [4.78, 5) is 11.3. The van der Waals surface area contributed by atoms with E-state index in [1.54, 1.807) is 0 Å². The molecule has 4 N–H and O–H groups in total. The summed E-state index contributed by atoms with van der Waals surface area (Å²) in [6.45, 7) is 5.34. The zero-order valence-electron chi connectivity index (χ0n) is 12.2. The van der Waals surface area contributed by atoms with Crippen molar-refractivity contribution in [2.75, 3.05) is 18.8 Å². The predicted octanol–water partition coefficient (Wildman–Crippen LogP) is 0.767. The molecule has 0 heterocycles. The van der Waals surface area contributed by atoms with Crippen molar-refractivity contribution in [3.63, 3.8) is 0 Å². The lowest BCUT2D eigenvalue weighted by atomic mass is 10.2. The van der Waals surface area contributed by atoms with Crippen LogP contribution < -0.4 is 15.8 Å². The van der Waals surface area contributed by atoms with Gasteiger partial charge in [-0.15, -0.1) is 0 Å². The van der Waals surface area contributed by atoms with Crippen LogP contribution in [0.2, 0.25) is 0 Å². The van der Waals surface area contributed by atoms with E-state index in [2.05, 4.69) is 10.0 Å². The molecule has 8 heteroatoms. The van der Waals surface area contributed by atoms with Gasteiger partial charge in [0.25, 0.3) is 0 Å². The number of anilines is 1. The van der Waals surface area contributed by atoms with Crippen molar-refractivity contribution >= 4 is 21.6 Å². The van der Waals surface area contributed by atoms with E-state index < -0.39 is 21.7 Å². The highest BCUT2D eigenvalue weighted by Crippen LogP contribution is 2.20. The molecule has 0 atom stereocenters. The van der Waals surface area contributed by atoms with Crippen LogP contribution in [0.25, 0.3) is 0 Å². The number of halogens is 1. The normalized spacial score (nSPS) is 11.7. The Balaban J connectivity index is 2.76. The summed E-state index contributed by atoms with van der Waals surface area (Å²) in [7, 11) is -3.91. The molecule has 0 aromatic heterocycles. The first-order valence-electron chi connectivity index (χ1n) is 6.45. The Hall–Kier alpha value is -1.67. The maximum atomic E-state index is 13.4. The van der Waals surface area contributed by atoms with E-state index in [-0.39, 0.29) is 28.6 Å². The van der Waals surface area contributed by atoms with Gasteiger partial charge in [0.15, 0.2) is 0 Å². The van der Waals surface area contributed by atoms with Crippen LogP contribution >= 0.6 is 0 Å². The van der Waals surface area contributed by atoms with Gasteiger partial charge >= 0.3 is 0 Å². The molecular weight excluding hydrogens is 297 g/mol. The van der Waals surface area contributed by atoms with Gasteiger partial charge in [0.1, 0.15) is 5.82 Å². The van der Waals surface area contributed by atoms with Crippen LogP contribution in [0.1, 0.15) is 19.4 Å². The highest BCUT2D eigenvalue weighted by molar-refractivity contribution is 7.89. The lowest BCUT2D eigenvalue weighted by molar-refractivity contribution is -0.120. The molecule has 0 spiro atoms. The van der Waals surface area contributed by atoms with E-state index in [0.29, 0.717) is 6.54 Å². The van der Waals surface area contributed by atoms with Gasteiger partial charge in [-0.25, -0.2) is 17.5 Å². The van der Waals surface area contributed by atoms with Gasteiger partial charge in [-0.05, 0) is 30.5 Å². The minimum atomic E-state index is -3.91. The smallest absolute Gasteiger partial charge is 0.241 e. The second-order valence-corrected chi connectivity index (χ2v) is 6.93. The molecule has 0 bridgehead atoms. The molecule has 1 aromatic carbocycles. The molecule has 21 heavy (non-hydrogen) atoms. The number of hydrogen-bond acceptors (Lipinski definition) is 4. The number of amides is 1. The molecule has 0 unspecified atom stereocenters. The molecule has 0 aliphatic heterocycles. The Bertz CT molecular complexity index is 607. The summed E-state index contributed by atoms with van der Waals surface area (Å²) in [5.41, 5.74) is 5.28. The minimum absolute atomic E-state index is 0.125. The number of aryl methyl sites for hydroxylation is 1. The molecule has 1 aromatic rings. The quantitative estimate of drug-likeness (QED) is 0.674. The monoisotopic (exact) mass is 317 g/mol. The van der Waals surface area contributed by atoms with Gasteiger partial charge < -0.3 is 11.1 Å². The SMILES string of the molecule is Cc1cc(S(=O)(=O)NCC(=O)NCC(C)C)cc(N)c1F. The standard InChI is InChI=1S/C13H20FN3O3S/c1-8(2)6-16-12(18)7-17-21(19,20)10-4-9(3)13(14)11(15)5-10/h4-5,8,17H,6-7,15H2,1-3H3,(H,16,18). The van der Waals surface area contributed by atoms with Gasteiger partial charge in [-0.3, -0.25) is 4.79 Å². The summed E-state index contributed by atoms with van der Waals surface area (Å²) >= 11 is 0. The largest absolute Gasteiger partial charge is 0.396 e. The van der Waals surface area contributed by atoms with Crippen LogP contribution in [-0.2, 0) is 14.8 Å². The third kappa shape index (κ3) is 4.98. The van der Waals surface area contributed by atoms with Crippen LogP contribution in [0.15, 0.2) is 17.0 Å². The van der Waals surface area contributed by atoms with E-state index >= 15 is 0 Å². The average molecular weight is 317 g/mol. The number of hydrogen-bond donors (Lipinski definition) is 3. The number of rotatable bonds is 6. The Morgan fingerprint density at radius 1 is 1.38 bits per heavy atom. The van der Waals surface area contributed by atoms with Crippen molar-refractivity contribution in [1.29, 1.82) is 0 Å². The van der Waals surface area contributed by atoms with Crippen molar-refractivity contribution in [3.05, 3.63) is 23.5 Å². The second-order valence-electron chi connectivity index (χ2n) is 5.17. The fourth-order valence-corrected chi connectivity index (χ4v) is 2.64. The van der Waals surface area contributed by atoms with Crippen LogP contribution in [0.5, 0.6) is 0 Å². The van der Waals surface area contributed by atoms with Gasteiger partial charge in [-0.2, -0.15) is 0 Å². The predicted molar refractivity (Wildman–Crippen MR) is 78.6 cm³/mol. The summed E-state index contributed by atoms with van der Waals surface area (Å²) in [6, 6.07) is 2.19. The molecule has 0 aliphatic carbocycles. The number of carbonyl (C=O) groups is 1. The van der Waals surface area contributed by atoms with E-state index in [0.717, 1.165) is 6.07 Å². The zero-order valence-corrected chi connectivity index (χ0v) is 13.1. The number of sulfonamides is 1. The first kappa shape index (κ1) is 17.4. The lowest BCUT2D eigenvalue weighted by Gasteiger charge is -2.10.